The number of rotatable bonds is 16. The van der Waals surface area contributed by atoms with Crippen LogP contribution in [0.1, 0.15) is 102 Å². The minimum absolute atomic E-state index is 0.00804. The van der Waals surface area contributed by atoms with E-state index in [1.807, 2.05) is 0 Å². The summed E-state index contributed by atoms with van der Waals surface area (Å²) in [5, 5.41) is 49.1. The van der Waals surface area contributed by atoms with Gasteiger partial charge >= 0.3 is 11.9 Å². The van der Waals surface area contributed by atoms with Gasteiger partial charge in [-0.1, -0.05) is 38.5 Å². The molecular weight excluding hydrogens is 424 g/mol. The predicted molar refractivity (Wildman–Crippen MR) is 126 cm³/mol. The van der Waals surface area contributed by atoms with Gasteiger partial charge in [0.1, 0.15) is 5.75 Å². The number of aliphatic carboxylic acids is 2. The molecule has 33 heavy (non-hydrogen) atoms. The Labute approximate surface area is 196 Å². The average Bonchev–Trinajstić information content (AvgIpc) is 3.53. The Hall–Kier alpha value is -2.44. The van der Waals surface area contributed by atoms with Gasteiger partial charge in [-0.25, -0.2) is 0 Å². The van der Waals surface area contributed by atoms with Crippen LogP contribution in [0.3, 0.4) is 0 Å². The second-order valence-electron chi connectivity index (χ2n) is 10.3. The first-order valence-electron chi connectivity index (χ1n) is 12.2. The number of carboxylic acid groups (broad SMARTS) is 2. The van der Waals surface area contributed by atoms with Gasteiger partial charge in [-0.2, -0.15) is 0 Å². The highest BCUT2D eigenvalue weighted by atomic mass is 16.4. The molecule has 0 atom stereocenters. The van der Waals surface area contributed by atoms with Crippen LogP contribution in [-0.2, 0) is 22.4 Å². The molecule has 0 bridgehead atoms. The van der Waals surface area contributed by atoms with Crippen molar-refractivity contribution < 1.29 is 35.1 Å². The predicted octanol–water partition coefficient (Wildman–Crippen LogP) is 5.77. The van der Waals surface area contributed by atoms with Crippen molar-refractivity contribution in [1.82, 2.24) is 0 Å². The maximum absolute atomic E-state index is 11.2. The third-order valence-electron chi connectivity index (χ3n) is 7.17. The quantitative estimate of drug-likeness (QED) is 0.119. The van der Waals surface area contributed by atoms with Gasteiger partial charge in [0.25, 0.3) is 0 Å². The van der Waals surface area contributed by atoms with Gasteiger partial charge in [-0.05, 0) is 65.2 Å². The number of carbonyl (C=O) groups is 2. The first-order chi connectivity index (χ1) is 15.5. The van der Waals surface area contributed by atoms with Crippen molar-refractivity contribution in [3.63, 3.8) is 0 Å². The monoisotopic (exact) mass is 464 g/mol. The summed E-state index contributed by atoms with van der Waals surface area (Å²) in [7, 11) is 0. The topological polar surface area (TPSA) is 135 Å². The van der Waals surface area contributed by atoms with E-state index >= 15 is 0 Å². The van der Waals surface area contributed by atoms with Crippen LogP contribution >= 0.6 is 0 Å². The van der Waals surface area contributed by atoms with Gasteiger partial charge in [-0.15, -0.1) is 0 Å². The molecule has 0 amide bonds. The van der Waals surface area contributed by atoms with Gasteiger partial charge < -0.3 is 25.5 Å². The Bertz CT molecular complexity index is 824. The van der Waals surface area contributed by atoms with Crippen LogP contribution < -0.4 is 0 Å². The highest BCUT2D eigenvalue weighted by Crippen LogP contribution is 2.50. The van der Waals surface area contributed by atoms with E-state index in [-0.39, 0.29) is 17.2 Å². The zero-order valence-electron chi connectivity index (χ0n) is 20.0. The third-order valence-corrected chi connectivity index (χ3v) is 7.17. The first kappa shape index (κ1) is 26.8. The summed E-state index contributed by atoms with van der Waals surface area (Å²) in [6.07, 6.45) is 10.9. The summed E-state index contributed by atoms with van der Waals surface area (Å²) in [6.45, 7) is 3.45. The lowest BCUT2D eigenvalue weighted by Crippen LogP contribution is -2.23. The Morgan fingerprint density at radius 2 is 1.36 bits per heavy atom. The SMILES string of the molecule is CC(C)(CCCCCCc1c(O)c(O)cc(O)c1CCCCCCC1(C(=O)O)CC1)C(=O)O. The minimum atomic E-state index is -0.791. The smallest absolute Gasteiger partial charge is 0.309 e. The zero-order valence-corrected chi connectivity index (χ0v) is 20.0. The number of hydrogen-bond donors (Lipinski definition) is 5. The normalized spacial score (nSPS) is 14.8. The summed E-state index contributed by atoms with van der Waals surface area (Å²) >= 11 is 0. The van der Waals surface area contributed by atoms with E-state index in [9.17, 15) is 35.1 Å². The van der Waals surface area contributed by atoms with Gasteiger partial charge in [0.15, 0.2) is 11.5 Å². The van der Waals surface area contributed by atoms with Gasteiger partial charge in [-0.3, -0.25) is 9.59 Å². The summed E-state index contributed by atoms with van der Waals surface area (Å²) in [4.78, 5) is 22.4. The van der Waals surface area contributed by atoms with Crippen molar-refractivity contribution >= 4 is 11.9 Å². The second kappa shape index (κ2) is 11.6. The van der Waals surface area contributed by atoms with Crippen LogP contribution in [0, 0.1) is 10.8 Å². The molecule has 1 aliphatic carbocycles. The van der Waals surface area contributed by atoms with Crippen molar-refractivity contribution in [1.29, 1.82) is 0 Å². The molecule has 7 nitrogen and oxygen atoms in total. The molecule has 0 aliphatic heterocycles. The molecule has 5 N–H and O–H groups in total. The fourth-order valence-electron chi connectivity index (χ4n) is 4.45. The van der Waals surface area contributed by atoms with E-state index in [0.717, 1.165) is 70.6 Å². The third kappa shape index (κ3) is 7.54. The zero-order chi connectivity index (χ0) is 24.6. The molecule has 1 fully saturated rings. The Morgan fingerprint density at radius 1 is 0.818 bits per heavy atom. The van der Waals surface area contributed by atoms with E-state index in [2.05, 4.69) is 0 Å². The lowest BCUT2D eigenvalue weighted by Gasteiger charge is -2.18. The lowest BCUT2D eigenvalue weighted by atomic mass is 9.87. The molecule has 2 rings (SSSR count). The fraction of sp³-hybridized carbons (Fsp3) is 0.692. The van der Waals surface area contributed by atoms with Crippen LogP contribution in [0.2, 0.25) is 0 Å². The summed E-state index contributed by atoms with van der Waals surface area (Å²) in [5.74, 6) is -1.97. The molecule has 0 heterocycles. The van der Waals surface area contributed by atoms with Crippen molar-refractivity contribution in [2.24, 2.45) is 10.8 Å². The van der Waals surface area contributed by atoms with Crippen molar-refractivity contribution in [3.05, 3.63) is 17.2 Å². The van der Waals surface area contributed by atoms with E-state index in [4.69, 9.17) is 0 Å². The minimum Gasteiger partial charge on any atom is -0.508 e. The van der Waals surface area contributed by atoms with Crippen molar-refractivity contribution in [2.45, 2.75) is 104 Å². The van der Waals surface area contributed by atoms with Crippen molar-refractivity contribution in [3.8, 4) is 17.2 Å². The number of benzene rings is 1. The van der Waals surface area contributed by atoms with E-state index in [1.165, 1.54) is 6.07 Å². The molecule has 1 aromatic carbocycles. The first-order valence-corrected chi connectivity index (χ1v) is 12.2. The van der Waals surface area contributed by atoms with Crippen molar-refractivity contribution in [2.75, 3.05) is 0 Å². The average molecular weight is 465 g/mol. The maximum Gasteiger partial charge on any atom is 0.309 e. The summed E-state index contributed by atoms with van der Waals surface area (Å²) in [5.41, 5.74) is 0.0510. The second-order valence-corrected chi connectivity index (χ2v) is 10.3. The molecule has 0 unspecified atom stereocenters. The van der Waals surface area contributed by atoms with Gasteiger partial charge in [0, 0.05) is 17.2 Å². The van der Waals surface area contributed by atoms with Gasteiger partial charge in [0.2, 0.25) is 0 Å². The molecule has 1 aromatic rings. The molecule has 1 aliphatic rings. The van der Waals surface area contributed by atoms with Gasteiger partial charge in [0.05, 0.1) is 10.8 Å². The molecule has 186 valence electrons. The Kier molecular flexibility index (Phi) is 9.44. The molecule has 0 radical (unpaired) electrons. The molecule has 7 heteroatoms. The van der Waals surface area contributed by atoms with Crippen LogP contribution in [0.4, 0.5) is 0 Å². The van der Waals surface area contributed by atoms with E-state index in [1.54, 1.807) is 13.8 Å². The number of phenols is 3. The van der Waals surface area contributed by atoms with Crippen LogP contribution in [0.5, 0.6) is 17.2 Å². The molecule has 0 spiro atoms. The van der Waals surface area contributed by atoms with E-state index < -0.39 is 22.8 Å². The Morgan fingerprint density at radius 3 is 1.91 bits per heavy atom. The number of aromatic hydroxyl groups is 3. The number of carboxylic acids is 2. The molecule has 0 saturated heterocycles. The number of unbranched alkanes of at least 4 members (excludes halogenated alkanes) is 6. The van der Waals surface area contributed by atoms with Crippen LogP contribution in [-0.4, -0.2) is 37.5 Å². The highest BCUT2D eigenvalue weighted by molar-refractivity contribution is 5.77. The molecular formula is C26H40O7. The summed E-state index contributed by atoms with van der Waals surface area (Å²) < 4.78 is 0. The Balaban J connectivity index is 1.79. The highest BCUT2D eigenvalue weighted by Gasteiger charge is 2.49. The summed E-state index contributed by atoms with van der Waals surface area (Å²) in [6, 6.07) is 1.19. The maximum atomic E-state index is 11.2. The standard InChI is InChI=1S/C26H40O7/c1-25(2,23(30)31)13-9-5-3-8-12-19-18(20(27)17-21(28)22(19)29)11-7-4-6-10-14-26(15-16-26)24(32)33/h17,27-29H,3-16H2,1-2H3,(H,30,31)(H,32,33). The lowest BCUT2D eigenvalue weighted by molar-refractivity contribution is -0.147. The molecule has 0 aromatic heterocycles. The number of phenolic OH excluding ortho intramolecular Hbond substituents is 3. The van der Waals surface area contributed by atoms with Crippen LogP contribution in [0.15, 0.2) is 6.07 Å². The molecule has 1 saturated carbocycles. The number of hydrogen-bond acceptors (Lipinski definition) is 5. The largest absolute Gasteiger partial charge is 0.508 e. The van der Waals surface area contributed by atoms with E-state index in [0.29, 0.717) is 30.4 Å². The fourth-order valence-corrected chi connectivity index (χ4v) is 4.45. The van der Waals surface area contributed by atoms with Crippen LogP contribution in [0.25, 0.3) is 0 Å².